The van der Waals surface area contributed by atoms with Crippen LogP contribution in [0.25, 0.3) is 10.9 Å². The molecule has 0 spiro atoms. The Kier molecular flexibility index (Phi) is 7.45. The van der Waals surface area contributed by atoms with Gasteiger partial charge in [0.2, 0.25) is 0 Å². The van der Waals surface area contributed by atoms with Crippen molar-refractivity contribution in [3.63, 3.8) is 0 Å². The Morgan fingerprint density at radius 3 is 2.46 bits per heavy atom. The molecule has 1 unspecified atom stereocenters. The fourth-order valence-electron chi connectivity index (χ4n) is 3.80. The van der Waals surface area contributed by atoms with Crippen LogP contribution < -0.4 is 5.32 Å². The predicted molar refractivity (Wildman–Crippen MR) is 115 cm³/mol. The van der Waals surface area contributed by atoms with E-state index in [2.05, 4.69) is 41.0 Å². The van der Waals surface area contributed by atoms with Gasteiger partial charge in [0.15, 0.2) is 5.69 Å². The number of benzene rings is 1. The van der Waals surface area contributed by atoms with E-state index in [1.54, 1.807) is 0 Å². The zero-order chi connectivity index (χ0) is 19.9. The maximum absolute atomic E-state index is 12.8. The molecular formula is C22H35N5O. The second-order valence-corrected chi connectivity index (χ2v) is 7.86. The van der Waals surface area contributed by atoms with Gasteiger partial charge in [-0.3, -0.25) is 14.4 Å². The molecule has 1 saturated heterocycles. The first-order valence-corrected chi connectivity index (χ1v) is 10.8. The first kappa shape index (κ1) is 20.8. The molecule has 1 aliphatic rings. The van der Waals surface area contributed by atoms with Crippen LogP contribution in [0.1, 0.15) is 56.6 Å². The third-order valence-electron chi connectivity index (χ3n) is 5.84. The molecule has 2 heterocycles. The van der Waals surface area contributed by atoms with Gasteiger partial charge in [0.1, 0.15) is 0 Å². The molecule has 1 fully saturated rings. The molecule has 1 aromatic heterocycles. The van der Waals surface area contributed by atoms with Crippen LogP contribution in [-0.2, 0) is 0 Å². The molecule has 0 radical (unpaired) electrons. The van der Waals surface area contributed by atoms with Gasteiger partial charge in [0.05, 0.1) is 5.52 Å². The number of carbonyl (C=O) groups excluding carboxylic acids is 1. The zero-order valence-electron chi connectivity index (χ0n) is 17.7. The summed E-state index contributed by atoms with van der Waals surface area (Å²) in [5.74, 6) is -0.0696. The lowest BCUT2D eigenvalue weighted by molar-refractivity contribution is 0.0931. The quantitative estimate of drug-likeness (QED) is 0.720. The second-order valence-electron chi connectivity index (χ2n) is 7.86. The van der Waals surface area contributed by atoms with Crippen molar-refractivity contribution in [2.45, 2.75) is 46.1 Å². The minimum absolute atomic E-state index is 0.0696. The number of rotatable bonds is 9. The molecule has 1 atom stereocenters. The molecule has 3 rings (SSSR count). The van der Waals surface area contributed by atoms with E-state index >= 15 is 0 Å². The van der Waals surface area contributed by atoms with Crippen molar-refractivity contribution in [1.29, 1.82) is 0 Å². The molecule has 2 aromatic rings. The van der Waals surface area contributed by atoms with Gasteiger partial charge in [0.25, 0.3) is 5.91 Å². The molecule has 0 aliphatic carbocycles. The van der Waals surface area contributed by atoms with Gasteiger partial charge in [-0.1, -0.05) is 38.5 Å². The van der Waals surface area contributed by atoms with Gasteiger partial charge >= 0.3 is 0 Å². The average molecular weight is 386 g/mol. The Hall–Kier alpha value is -1.92. The van der Waals surface area contributed by atoms with E-state index in [0.29, 0.717) is 12.2 Å². The minimum Gasteiger partial charge on any atom is -0.349 e. The number of hydrogen-bond donors (Lipinski definition) is 1. The molecule has 154 valence electrons. The fourth-order valence-corrected chi connectivity index (χ4v) is 3.80. The maximum atomic E-state index is 12.8. The largest absolute Gasteiger partial charge is 0.349 e. The Bertz CT molecular complexity index is 763. The normalized spacial score (nSPS) is 17.1. The van der Waals surface area contributed by atoms with Gasteiger partial charge in [-0.15, -0.1) is 0 Å². The summed E-state index contributed by atoms with van der Waals surface area (Å²) in [6, 6.07) is 8.29. The number of fused-ring (bicyclic) bond motifs is 1. The molecule has 1 N–H and O–H groups in total. The van der Waals surface area contributed by atoms with Gasteiger partial charge in [0, 0.05) is 50.7 Å². The Labute approximate surface area is 168 Å². The van der Waals surface area contributed by atoms with E-state index in [4.69, 9.17) is 0 Å². The topological polar surface area (TPSA) is 53.4 Å². The second kappa shape index (κ2) is 10.0. The van der Waals surface area contributed by atoms with Gasteiger partial charge in [-0.05, 0) is 32.4 Å². The van der Waals surface area contributed by atoms with Crippen LogP contribution in [0.15, 0.2) is 24.3 Å². The highest BCUT2D eigenvalue weighted by Gasteiger charge is 2.20. The highest BCUT2D eigenvalue weighted by molar-refractivity contribution is 6.04. The summed E-state index contributed by atoms with van der Waals surface area (Å²) in [7, 11) is 0. The molecule has 1 aliphatic heterocycles. The molecular weight excluding hydrogens is 350 g/mol. The van der Waals surface area contributed by atoms with Crippen molar-refractivity contribution in [2.75, 3.05) is 45.8 Å². The lowest BCUT2D eigenvalue weighted by atomic mass is 10.2. The summed E-state index contributed by atoms with van der Waals surface area (Å²) in [6.07, 6.45) is 3.53. The highest BCUT2D eigenvalue weighted by atomic mass is 16.1. The molecule has 0 saturated carbocycles. The van der Waals surface area contributed by atoms with Gasteiger partial charge < -0.3 is 10.2 Å². The van der Waals surface area contributed by atoms with Crippen LogP contribution in [-0.4, -0.2) is 71.3 Å². The van der Waals surface area contributed by atoms with Crippen LogP contribution in [0.4, 0.5) is 0 Å². The van der Waals surface area contributed by atoms with Crippen LogP contribution in [0.2, 0.25) is 0 Å². The Balaban J connectivity index is 1.53. The maximum Gasteiger partial charge on any atom is 0.272 e. The predicted octanol–water partition coefficient (Wildman–Crippen LogP) is 3.15. The number of amides is 1. The first-order valence-electron chi connectivity index (χ1n) is 10.8. The van der Waals surface area contributed by atoms with E-state index < -0.39 is 0 Å². The van der Waals surface area contributed by atoms with Crippen molar-refractivity contribution in [3.05, 3.63) is 30.0 Å². The number of aromatic nitrogens is 2. The lowest BCUT2D eigenvalue weighted by Gasteiger charge is -2.34. The molecule has 6 nitrogen and oxygen atoms in total. The first-order chi connectivity index (χ1) is 13.6. The van der Waals surface area contributed by atoms with Gasteiger partial charge in [-0.25, -0.2) is 0 Å². The summed E-state index contributed by atoms with van der Waals surface area (Å²) in [5.41, 5.74) is 1.57. The molecule has 1 aromatic carbocycles. The van der Waals surface area contributed by atoms with Crippen LogP contribution in [0, 0.1) is 0 Å². The third kappa shape index (κ3) is 4.92. The summed E-state index contributed by atoms with van der Waals surface area (Å²) in [5, 5.41) is 8.67. The summed E-state index contributed by atoms with van der Waals surface area (Å²) >= 11 is 0. The number of nitrogens with zero attached hydrogens (tertiary/aromatic N) is 4. The molecule has 1 amide bonds. The number of para-hydroxylation sites is 1. The zero-order valence-corrected chi connectivity index (χ0v) is 17.7. The minimum atomic E-state index is -0.0696. The van der Waals surface area contributed by atoms with Crippen molar-refractivity contribution in [2.24, 2.45) is 0 Å². The van der Waals surface area contributed by atoms with E-state index in [9.17, 15) is 4.79 Å². The van der Waals surface area contributed by atoms with Crippen LogP contribution in [0.5, 0.6) is 0 Å². The van der Waals surface area contributed by atoms with Crippen molar-refractivity contribution in [1.82, 2.24) is 24.9 Å². The Morgan fingerprint density at radius 2 is 1.79 bits per heavy atom. The number of unbranched alkanes of at least 4 members (excludes halogenated alkanes) is 1. The standard InChI is InChI=1S/C22H35N5O/c1-4-6-12-25-14-16-26(17-15-25)13-11-23-22(28)21-19-9-7-8-10-20(19)27(24-21)18(3)5-2/h7-10,18H,4-6,11-17H2,1-3H3,(H,23,28). The van der Waals surface area contributed by atoms with E-state index in [1.165, 1.54) is 19.4 Å². The highest BCUT2D eigenvalue weighted by Crippen LogP contribution is 2.23. The van der Waals surface area contributed by atoms with Crippen molar-refractivity contribution < 1.29 is 4.79 Å². The molecule has 6 heteroatoms. The fraction of sp³-hybridized carbons (Fsp3) is 0.636. The van der Waals surface area contributed by atoms with E-state index in [0.717, 1.165) is 50.0 Å². The number of hydrogen-bond acceptors (Lipinski definition) is 4. The summed E-state index contributed by atoms with van der Waals surface area (Å²) in [6.45, 7) is 13.8. The lowest BCUT2D eigenvalue weighted by Crippen LogP contribution is -2.48. The third-order valence-corrected chi connectivity index (χ3v) is 5.84. The summed E-state index contributed by atoms with van der Waals surface area (Å²) in [4.78, 5) is 17.8. The number of carbonyl (C=O) groups is 1. The molecule has 28 heavy (non-hydrogen) atoms. The van der Waals surface area contributed by atoms with Crippen LogP contribution in [0.3, 0.4) is 0 Å². The SMILES string of the molecule is CCCCN1CCN(CCNC(=O)c2nn(C(C)CC)c3ccccc23)CC1. The smallest absolute Gasteiger partial charge is 0.272 e. The summed E-state index contributed by atoms with van der Waals surface area (Å²) < 4.78 is 1.99. The van der Waals surface area contributed by atoms with E-state index in [-0.39, 0.29) is 11.9 Å². The molecule has 0 bridgehead atoms. The van der Waals surface area contributed by atoms with E-state index in [1.807, 2.05) is 28.9 Å². The monoisotopic (exact) mass is 385 g/mol. The Morgan fingerprint density at radius 1 is 1.11 bits per heavy atom. The van der Waals surface area contributed by atoms with Crippen molar-refractivity contribution in [3.8, 4) is 0 Å². The number of piperazine rings is 1. The average Bonchev–Trinajstić information content (AvgIpc) is 3.12. The van der Waals surface area contributed by atoms with Crippen molar-refractivity contribution >= 4 is 16.8 Å². The van der Waals surface area contributed by atoms with Gasteiger partial charge in [-0.2, -0.15) is 5.10 Å². The van der Waals surface area contributed by atoms with Crippen LogP contribution >= 0.6 is 0 Å². The number of nitrogens with one attached hydrogen (secondary N) is 1.